The molecule has 1 atom stereocenters. The fraction of sp³-hybridized carbons (Fsp3) is 0.379. The summed E-state index contributed by atoms with van der Waals surface area (Å²) >= 11 is 0. The van der Waals surface area contributed by atoms with Crippen LogP contribution in [0.5, 0.6) is 0 Å². The molecule has 3 aromatic carbocycles. The van der Waals surface area contributed by atoms with Crippen LogP contribution < -0.4 is 5.32 Å². The van der Waals surface area contributed by atoms with Crippen molar-refractivity contribution in [3.63, 3.8) is 0 Å². The fourth-order valence-corrected chi connectivity index (χ4v) is 5.25. The average Bonchev–Trinajstić information content (AvgIpc) is 3.40. The first kappa shape index (κ1) is 22.6. The van der Waals surface area contributed by atoms with E-state index >= 15 is 0 Å². The lowest BCUT2D eigenvalue weighted by Crippen LogP contribution is -2.45. The summed E-state index contributed by atoms with van der Waals surface area (Å²) in [5.74, 6) is -0.110. The Labute approximate surface area is 201 Å². The van der Waals surface area contributed by atoms with Crippen molar-refractivity contribution in [2.75, 3.05) is 26.2 Å². The number of hydrogen-bond donors (Lipinski definition) is 1. The summed E-state index contributed by atoms with van der Waals surface area (Å²) in [6.45, 7) is 5.09. The normalized spacial score (nSPS) is 18.8. The van der Waals surface area contributed by atoms with Gasteiger partial charge in [-0.3, -0.25) is 14.5 Å². The summed E-state index contributed by atoms with van der Waals surface area (Å²) < 4.78 is 0. The Hall–Kier alpha value is -3.18. The minimum Gasteiger partial charge on any atom is -0.352 e. The highest BCUT2D eigenvalue weighted by Gasteiger charge is 2.29. The summed E-state index contributed by atoms with van der Waals surface area (Å²) in [6.07, 6.45) is 4.27. The molecule has 2 saturated heterocycles. The number of hydrogen-bond acceptors (Lipinski definition) is 3. The number of amides is 2. The molecule has 2 aliphatic rings. The molecule has 0 saturated carbocycles. The Kier molecular flexibility index (Phi) is 6.91. The molecule has 2 aliphatic heterocycles. The van der Waals surface area contributed by atoms with E-state index in [-0.39, 0.29) is 17.7 Å². The van der Waals surface area contributed by atoms with Gasteiger partial charge in [-0.15, -0.1) is 0 Å². The van der Waals surface area contributed by atoms with Crippen LogP contribution in [0, 0.1) is 5.92 Å². The lowest BCUT2D eigenvalue weighted by atomic mass is 9.95. The van der Waals surface area contributed by atoms with E-state index in [9.17, 15) is 9.59 Å². The lowest BCUT2D eigenvalue weighted by Gasteiger charge is -2.32. The molecule has 5 nitrogen and oxygen atoms in total. The van der Waals surface area contributed by atoms with E-state index < -0.39 is 0 Å². The number of nitrogens with one attached hydrogen (secondary N) is 1. The number of nitrogens with zero attached hydrogens (tertiary/aromatic N) is 2. The van der Waals surface area contributed by atoms with Gasteiger partial charge in [-0.1, -0.05) is 60.7 Å². The first-order chi connectivity index (χ1) is 16.7. The third kappa shape index (κ3) is 5.15. The number of piperidine rings is 1. The summed E-state index contributed by atoms with van der Waals surface area (Å²) in [4.78, 5) is 30.6. The van der Waals surface area contributed by atoms with Crippen LogP contribution in [-0.2, 0) is 17.9 Å². The van der Waals surface area contributed by atoms with Crippen LogP contribution in [0.1, 0.15) is 47.2 Å². The van der Waals surface area contributed by atoms with Crippen LogP contribution in [0.4, 0.5) is 0 Å². The minimum absolute atomic E-state index is 0.0166. The number of likely N-dealkylation sites (tertiary alicyclic amines) is 2. The Bertz CT molecular complexity index is 1150. The molecule has 34 heavy (non-hydrogen) atoms. The van der Waals surface area contributed by atoms with Gasteiger partial charge in [-0.05, 0) is 66.7 Å². The third-order valence-electron chi connectivity index (χ3n) is 7.19. The van der Waals surface area contributed by atoms with Crippen LogP contribution in [0.25, 0.3) is 10.8 Å². The third-order valence-corrected chi connectivity index (χ3v) is 7.19. The van der Waals surface area contributed by atoms with E-state index in [1.54, 1.807) is 0 Å². The maximum Gasteiger partial charge on any atom is 0.254 e. The van der Waals surface area contributed by atoms with Crippen LogP contribution in [-0.4, -0.2) is 47.8 Å². The highest BCUT2D eigenvalue weighted by Crippen LogP contribution is 2.24. The first-order valence-electron chi connectivity index (χ1n) is 12.5. The zero-order valence-electron chi connectivity index (χ0n) is 19.7. The van der Waals surface area contributed by atoms with Crippen molar-refractivity contribution in [3.05, 3.63) is 83.4 Å². The Balaban J connectivity index is 1.17. The van der Waals surface area contributed by atoms with E-state index in [1.165, 1.54) is 31.5 Å². The molecule has 5 rings (SSSR count). The first-order valence-corrected chi connectivity index (χ1v) is 12.5. The van der Waals surface area contributed by atoms with Crippen molar-refractivity contribution in [2.45, 2.75) is 38.8 Å². The number of carbonyl (C=O) groups excluding carboxylic acids is 2. The monoisotopic (exact) mass is 455 g/mol. The van der Waals surface area contributed by atoms with E-state index in [2.05, 4.69) is 34.5 Å². The molecular formula is C29H33N3O2. The molecule has 2 amide bonds. The van der Waals surface area contributed by atoms with Gasteiger partial charge in [0.05, 0.1) is 5.92 Å². The van der Waals surface area contributed by atoms with Gasteiger partial charge in [0, 0.05) is 31.7 Å². The van der Waals surface area contributed by atoms with Crippen molar-refractivity contribution in [2.24, 2.45) is 5.92 Å². The van der Waals surface area contributed by atoms with Gasteiger partial charge in [0.25, 0.3) is 5.91 Å². The molecule has 2 heterocycles. The quantitative estimate of drug-likeness (QED) is 0.591. The second kappa shape index (κ2) is 10.4. The number of rotatable bonds is 6. The largest absolute Gasteiger partial charge is 0.352 e. The molecule has 2 fully saturated rings. The van der Waals surface area contributed by atoms with Crippen molar-refractivity contribution in [1.29, 1.82) is 0 Å². The lowest BCUT2D eigenvalue weighted by molar-refractivity contribution is -0.126. The topological polar surface area (TPSA) is 52.7 Å². The summed E-state index contributed by atoms with van der Waals surface area (Å²) in [7, 11) is 0. The molecule has 0 aliphatic carbocycles. The molecule has 176 valence electrons. The van der Waals surface area contributed by atoms with Crippen LogP contribution in [0.3, 0.4) is 0 Å². The predicted octanol–water partition coefficient (Wildman–Crippen LogP) is 4.60. The van der Waals surface area contributed by atoms with Crippen LogP contribution >= 0.6 is 0 Å². The number of benzene rings is 3. The Morgan fingerprint density at radius 1 is 0.824 bits per heavy atom. The number of carbonyl (C=O) groups is 2. The highest BCUT2D eigenvalue weighted by atomic mass is 16.2. The number of fused-ring (bicyclic) bond motifs is 1. The van der Waals surface area contributed by atoms with Gasteiger partial charge in [-0.2, -0.15) is 0 Å². The van der Waals surface area contributed by atoms with Gasteiger partial charge in [0.2, 0.25) is 5.91 Å². The summed E-state index contributed by atoms with van der Waals surface area (Å²) in [5.41, 5.74) is 3.15. The van der Waals surface area contributed by atoms with E-state index in [0.717, 1.165) is 35.7 Å². The van der Waals surface area contributed by atoms with Crippen LogP contribution in [0.15, 0.2) is 66.7 Å². The van der Waals surface area contributed by atoms with E-state index in [0.29, 0.717) is 25.2 Å². The highest BCUT2D eigenvalue weighted by molar-refractivity contribution is 6.07. The standard InChI is InChI=1S/C29H33N3O2/c33-28(30-19-22-12-14-23(15-13-22)20-31-16-3-4-17-31)25-9-6-18-32(21-25)29(34)27-11-5-8-24-7-1-2-10-26(24)27/h1-2,5,7-8,10-15,25H,3-4,6,9,16-21H2,(H,30,33). The maximum absolute atomic E-state index is 13.3. The predicted molar refractivity (Wildman–Crippen MR) is 135 cm³/mol. The molecule has 1 unspecified atom stereocenters. The second-order valence-electron chi connectivity index (χ2n) is 9.63. The van der Waals surface area contributed by atoms with Gasteiger partial charge >= 0.3 is 0 Å². The summed E-state index contributed by atoms with van der Waals surface area (Å²) in [5, 5.41) is 5.13. The van der Waals surface area contributed by atoms with Crippen LogP contribution in [0.2, 0.25) is 0 Å². The SMILES string of the molecule is O=C(NCc1ccc(CN2CCCC2)cc1)C1CCCN(C(=O)c2cccc3ccccc23)C1. The zero-order valence-corrected chi connectivity index (χ0v) is 19.7. The minimum atomic E-state index is -0.165. The summed E-state index contributed by atoms with van der Waals surface area (Å²) in [6, 6.07) is 22.4. The fourth-order valence-electron chi connectivity index (χ4n) is 5.25. The van der Waals surface area contributed by atoms with Crippen molar-refractivity contribution in [1.82, 2.24) is 15.1 Å². The second-order valence-corrected chi connectivity index (χ2v) is 9.63. The molecule has 0 bridgehead atoms. The zero-order chi connectivity index (χ0) is 23.3. The van der Waals surface area contributed by atoms with Gasteiger partial charge in [0.15, 0.2) is 0 Å². The van der Waals surface area contributed by atoms with Crippen molar-refractivity contribution in [3.8, 4) is 0 Å². The van der Waals surface area contributed by atoms with Gasteiger partial charge in [0.1, 0.15) is 0 Å². The van der Waals surface area contributed by atoms with Crippen molar-refractivity contribution >= 4 is 22.6 Å². The molecule has 1 N–H and O–H groups in total. The van der Waals surface area contributed by atoms with E-state index in [4.69, 9.17) is 0 Å². The maximum atomic E-state index is 13.3. The van der Waals surface area contributed by atoms with E-state index in [1.807, 2.05) is 47.4 Å². The average molecular weight is 456 g/mol. The molecule has 0 spiro atoms. The smallest absolute Gasteiger partial charge is 0.254 e. The molecular weight excluding hydrogens is 422 g/mol. The molecule has 0 aromatic heterocycles. The molecule has 5 heteroatoms. The molecule has 3 aromatic rings. The Morgan fingerprint density at radius 2 is 1.56 bits per heavy atom. The van der Waals surface area contributed by atoms with Gasteiger partial charge in [-0.25, -0.2) is 0 Å². The molecule has 0 radical (unpaired) electrons. The Morgan fingerprint density at radius 3 is 2.38 bits per heavy atom. The van der Waals surface area contributed by atoms with Crippen molar-refractivity contribution < 1.29 is 9.59 Å². The van der Waals surface area contributed by atoms with Gasteiger partial charge < -0.3 is 10.2 Å².